The van der Waals surface area contributed by atoms with Gasteiger partial charge in [-0.05, 0) is 36.4 Å². The van der Waals surface area contributed by atoms with E-state index in [1.165, 1.54) is 7.11 Å². The minimum Gasteiger partial charge on any atom is -0.464 e. The Morgan fingerprint density at radius 3 is 2.65 bits per heavy atom. The van der Waals surface area contributed by atoms with E-state index in [2.05, 4.69) is 15.0 Å². The number of halogens is 1. The summed E-state index contributed by atoms with van der Waals surface area (Å²) in [4.78, 5) is 24.0. The maximum Gasteiger partial charge on any atom is 0.358 e. The van der Waals surface area contributed by atoms with Crippen LogP contribution in [0.5, 0.6) is 0 Å². The van der Waals surface area contributed by atoms with Gasteiger partial charge in [0.25, 0.3) is 0 Å². The number of fused-ring (bicyclic) bond motifs is 1. The van der Waals surface area contributed by atoms with Crippen LogP contribution in [0.25, 0.3) is 17.1 Å². The molecule has 172 valence electrons. The van der Waals surface area contributed by atoms with Crippen molar-refractivity contribution >= 4 is 23.3 Å². The molecule has 34 heavy (non-hydrogen) atoms. The highest BCUT2D eigenvalue weighted by molar-refractivity contribution is 6.31. The number of carbonyl (C=O) groups is 1. The van der Waals surface area contributed by atoms with E-state index in [1.807, 2.05) is 60.8 Å². The number of methoxy groups -OCH3 is 1. The summed E-state index contributed by atoms with van der Waals surface area (Å²) in [6, 6.07) is 17.0. The molecule has 0 amide bonds. The lowest BCUT2D eigenvalue weighted by atomic mass is 10.1. The Bertz CT molecular complexity index is 1340. The molecule has 8 nitrogen and oxygen atoms in total. The number of nitrogens with zero attached hydrogens (tertiary/aromatic N) is 5. The van der Waals surface area contributed by atoms with E-state index in [1.54, 1.807) is 4.68 Å². The predicted octanol–water partition coefficient (Wildman–Crippen LogP) is 3.91. The molecule has 0 atom stereocenters. The van der Waals surface area contributed by atoms with Crippen LogP contribution in [-0.2, 0) is 24.2 Å². The molecule has 2 N–H and O–H groups in total. The lowest BCUT2D eigenvalue weighted by Gasteiger charge is -2.28. The van der Waals surface area contributed by atoms with Crippen molar-refractivity contribution in [3.05, 3.63) is 88.5 Å². The molecule has 0 spiro atoms. The summed E-state index contributed by atoms with van der Waals surface area (Å²) in [6.07, 6.45) is 2.63. The molecule has 4 aromatic rings. The summed E-state index contributed by atoms with van der Waals surface area (Å²) in [7, 11) is 1.34. The molecule has 0 saturated carbocycles. The Morgan fingerprint density at radius 2 is 1.91 bits per heavy atom. The van der Waals surface area contributed by atoms with Gasteiger partial charge in [-0.3, -0.25) is 4.90 Å². The molecule has 2 aromatic heterocycles. The number of ether oxygens (including phenoxy) is 1. The van der Waals surface area contributed by atoms with Gasteiger partial charge in [0.1, 0.15) is 5.15 Å². The monoisotopic (exact) mass is 474 g/mol. The lowest BCUT2D eigenvalue weighted by molar-refractivity contribution is 0.0591. The highest BCUT2D eigenvalue weighted by Gasteiger charge is 2.27. The van der Waals surface area contributed by atoms with Crippen molar-refractivity contribution in [2.75, 3.05) is 19.4 Å². The predicted molar refractivity (Wildman–Crippen MR) is 130 cm³/mol. The fourth-order valence-electron chi connectivity index (χ4n) is 4.08. The number of nitrogen functional groups attached to an aromatic ring is 1. The van der Waals surface area contributed by atoms with Crippen LogP contribution in [0.15, 0.2) is 60.8 Å². The zero-order valence-corrected chi connectivity index (χ0v) is 19.4. The molecule has 0 bridgehead atoms. The zero-order chi connectivity index (χ0) is 23.7. The Kier molecular flexibility index (Phi) is 6.00. The van der Waals surface area contributed by atoms with Crippen LogP contribution in [0.3, 0.4) is 0 Å². The lowest BCUT2D eigenvalue weighted by Crippen LogP contribution is -2.31. The largest absolute Gasteiger partial charge is 0.464 e. The second kappa shape index (κ2) is 9.24. The Hall–Kier alpha value is -3.75. The maximum atomic E-state index is 12.5. The van der Waals surface area contributed by atoms with Crippen molar-refractivity contribution in [2.24, 2.45) is 0 Å². The Labute approximate surface area is 202 Å². The fraction of sp³-hybridized carbons (Fsp3) is 0.200. The summed E-state index contributed by atoms with van der Waals surface area (Å²) in [5.74, 6) is 0.174. The third-order valence-corrected chi connectivity index (χ3v) is 6.25. The summed E-state index contributed by atoms with van der Waals surface area (Å²) in [5.41, 5.74) is 11.1. The molecule has 9 heteroatoms. The van der Waals surface area contributed by atoms with Crippen LogP contribution in [-0.4, -0.2) is 44.3 Å². The molecule has 3 heterocycles. The Balaban J connectivity index is 1.40. The van der Waals surface area contributed by atoms with Gasteiger partial charge in [-0.1, -0.05) is 29.8 Å². The standard InChI is InChI=1S/C25H23ClN6O2/c1-34-25(33)22-20(23(26)32(30-22)19-5-3-2-4-6-19)15-31-12-11-21-17(14-31)13-28-24(29-21)16-7-9-18(27)10-8-16/h2-10,13H,11-12,14-15,27H2,1H3. The van der Waals surface area contributed by atoms with Crippen molar-refractivity contribution < 1.29 is 9.53 Å². The average molecular weight is 475 g/mol. The highest BCUT2D eigenvalue weighted by Crippen LogP contribution is 2.28. The van der Waals surface area contributed by atoms with E-state index < -0.39 is 5.97 Å². The molecule has 1 aliphatic rings. The molecule has 0 aliphatic carbocycles. The minimum atomic E-state index is -0.513. The van der Waals surface area contributed by atoms with Crippen molar-refractivity contribution in [3.8, 4) is 17.1 Å². The number of para-hydroxylation sites is 1. The fourth-order valence-corrected chi connectivity index (χ4v) is 4.36. The van der Waals surface area contributed by atoms with Crippen molar-refractivity contribution in [1.29, 1.82) is 0 Å². The molecule has 0 saturated heterocycles. The van der Waals surface area contributed by atoms with Crippen LogP contribution in [0.4, 0.5) is 5.69 Å². The molecule has 0 radical (unpaired) electrons. The molecule has 0 unspecified atom stereocenters. The van der Waals surface area contributed by atoms with Gasteiger partial charge in [-0.25, -0.2) is 19.4 Å². The van der Waals surface area contributed by atoms with E-state index in [9.17, 15) is 4.79 Å². The first kappa shape index (κ1) is 22.1. The van der Waals surface area contributed by atoms with Gasteiger partial charge >= 0.3 is 5.97 Å². The minimum absolute atomic E-state index is 0.220. The summed E-state index contributed by atoms with van der Waals surface area (Å²) in [5, 5.41) is 4.86. The van der Waals surface area contributed by atoms with Gasteiger partial charge in [0, 0.05) is 54.6 Å². The van der Waals surface area contributed by atoms with Crippen molar-refractivity contribution in [3.63, 3.8) is 0 Å². The number of anilines is 1. The van der Waals surface area contributed by atoms with Gasteiger partial charge in [-0.15, -0.1) is 0 Å². The molecule has 5 rings (SSSR count). The van der Waals surface area contributed by atoms with Gasteiger partial charge in [-0.2, -0.15) is 5.10 Å². The third-order valence-electron chi connectivity index (χ3n) is 5.86. The number of nitrogens with two attached hydrogens (primary N) is 1. The second-order valence-corrected chi connectivity index (χ2v) is 8.46. The van der Waals surface area contributed by atoms with Crippen LogP contribution in [0, 0.1) is 0 Å². The van der Waals surface area contributed by atoms with Crippen molar-refractivity contribution in [1.82, 2.24) is 24.6 Å². The van der Waals surface area contributed by atoms with Gasteiger partial charge in [0.05, 0.1) is 18.5 Å². The van der Waals surface area contributed by atoms with E-state index in [4.69, 9.17) is 27.1 Å². The maximum absolute atomic E-state index is 12.5. The second-order valence-electron chi connectivity index (χ2n) is 8.11. The van der Waals surface area contributed by atoms with Gasteiger partial charge in [0.2, 0.25) is 0 Å². The number of rotatable bonds is 5. The molecular weight excluding hydrogens is 452 g/mol. The first-order chi connectivity index (χ1) is 16.5. The third kappa shape index (κ3) is 4.25. The quantitative estimate of drug-likeness (QED) is 0.346. The SMILES string of the molecule is COC(=O)c1nn(-c2ccccc2)c(Cl)c1CN1CCc2nc(-c3ccc(N)cc3)ncc2C1. The molecule has 1 aliphatic heterocycles. The van der Waals surface area contributed by atoms with Crippen LogP contribution >= 0.6 is 11.6 Å². The summed E-state index contributed by atoms with van der Waals surface area (Å²) < 4.78 is 6.54. The Morgan fingerprint density at radius 1 is 1.15 bits per heavy atom. The first-order valence-electron chi connectivity index (χ1n) is 10.9. The van der Waals surface area contributed by atoms with E-state index >= 15 is 0 Å². The van der Waals surface area contributed by atoms with Gasteiger partial charge < -0.3 is 10.5 Å². The summed E-state index contributed by atoms with van der Waals surface area (Å²) >= 11 is 6.72. The summed E-state index contributed by atoms with van der Waals surface area (Å²) in [6.45, 7) is 1.86. The number of esters is 1. The normalized spacial score (nSPS) is 13.5. The van der Waals surface area contributed by atoms with Crippen LogP contribution in [0.2, 0.25) is 5.15 Å². The highest BCUT2D eigenvalue weighted by atomic mass is 35.5. The number of aromatic nitrogens is 4. The van der Waals surface area contributed by atoms with Crippen LogP contribution < -0.4 is 5.73 Å². The number of benzene rings is 2. The van der Waals surface area contributed by atoms with E-state index in [-0.39, 0.29) is 5.69 Å². The molecule has 0 fully saturated rings. The van der Waals surface area contributed by atoms with Crippen LogP contribution in [0.1, 0.15) is 27.3 Å². The topological polar surface area (TPSA) is 99.2 Å². The first-order valence-corrected chi connectivity index (χ1v) is 11.3. The molecule has 2 aromatic carbocycles. The van der Waals surface area contributed by atoms with Gasteiger partial charge in [0.15, 0.2) is 11.5 Å². The smallest absolute Gasteiger partial charge is 0.358 e. The number of hydrogen-bond donors (Lipinski definition) is 1. The van der Waals surface area contributed by atoms with E-state index in [0.29, 0.717) is 35.3 Å². The van der Waals surface area contributed by atoms with Crippen molar-refractivity contribution in [2.45, 2.75) is 19.5 Å². The zero-order valence-electron chi connectivity index (χ0n) is 18.6. The average Bonchev–Trinajstić information content (AvgIpc) is 3.20. The number of hydrogen-bond acceptors (Lipinski definition) is 7. The van der Waals surface area contributed by atoms with E-state index in [0.717, 1.165) is 35.5 Å². The molecular formula is C25H23ClN6O2. The number of carbonyl (C=O) groups excluding carboxylic acids is 1.